The molecule has 1 unspecified atom stereocenters. The smallest absolute Gasteiger partial charge is 0.0284 e. The van der Waals surface area contributed by atoms with E-state index < -0.39 is 0 Å². The van der Waals surface area contributed by atoms with Gasteiger partial charge in [0, 0.05) is 18.2 Å². The minimum atomic E-state index is 0.692. The van der Waals surface area contributed by atoms with Crippen LogP contribution >= 0.6 is 0 Å². The predicted octanol–water partition coefficient (Wildman–Crippen LogP) is 0.882. The molecule has 0 aromatic rings. The van der Waals surface area contributed by atoms with E-state index in [9.17, 15) is 0 Å². The van der Waals surface area contributed by atoms with Crippen molar-refractivity contribution in [3.63, 3.8) is 0 Å². The molecule has 1 heteroatoms. The maximum absolute atomic E-state index is 3.70. The van der Waals surface area contributed by atoms with Gasteiger partial charge in [-0.1, -0.05) is 6.58 Å². The molecule has 1 aliphatic heterocycles. The van der Waals surface area contributed by atoms with Gasteiger partial charge in [-0.3, -0.25) is 0 Å². The molecule has 0 bridgehead atoms. The van der Waals surface area contributed by atoms with E-state index in [0.29, 0.717) is 6.04 Å². The summed E-state index contributed by atoms with van der Waals surface area (Å²) >= 11 is 0. The summed E-state index contributed by atoms with van der Waals surface area (Å²) in [5, 5.41) is 3.11. The lowest BCUT2D eigenvalue weighted by atomic mass is 10.1. The molecule has 1 saturated heterocycles. The fourth-order valence-electron chi connectivity index (χ4n) is 0.697. The Balaban J connectivity index is 2.28. The van der Waals surface area contributed by atoms with Crippen molar-refractivity contribution in [2.75, 3.05) is 0 Å². The molecule has 1 rings (SSSR count). The monoisotopic (exact) mass is 83.1 g/mol. The van der Waals surface area contributed by atoms with Crippen molar-refractivity contribution in [1.29, 1.82) is 0 Å². The van der Waals surface area contributed by atoms with E-state index in [-0.39, 0.29) is 0 Å². The van der Waals surface area contributed by atoms with Crippen molar-refractivity contribution in [3.8, 4) is 0 Å². The second kappa shape index (κ2) is 1.00. The van der Waals surface area contributed by atoms with Gasteiger partial charge in [-0.15, -0.1) is 0 Å². The fraction of sp³-hybridized carbons (Fsp3) is 0.600. The van der Waals surface area contributed by atoms with Crippen molar-refractivity contribution in [2.45, 2.75) is 19.4 Å². The Hall–Kier alpha value is -0.460. The van der Waals surface area contributed by atoms with Gasteiger partial charge in [0.05, 0.1) is 0 Å². The highest BCUT2D eigenvalue weighted by Gasteiger charge is 2.12. The van der Waals surface area contributed by atoms with Crippen LogP contribution in [0.2, 0.25) is 0 Å². The Morgan fingerprint density at radius 2 is 2.50 bits per heavy atom. The highest BCUT2D eigenvalue weighted by molar-refractivity contribution is 5.05. The molecule has 1 N–H and O–H groups in total. The summed E-state index contributed by atoms with van der Waals surface area (Å²) < 4.78 is 0. The highest BCUT2D eigenvalue weighted by atomic mass is 15.0. The Bertz CT molecular complexity index is 68.0. The molecule has 6 heavy (non-hydrogen) atoms. The highest BCUT2D eigenvalue weighted by Crippen LogP contribution is 2.10. The van der Waals surface area contributed by atoms with Gasteiger partial charge in [-0.2, -0.15) is 0 Å². The van der Waals surface area contributed by atoms with Crippen LogP contribution in [0.5, 0.6) is 0 Å². The van der Waals surface area contributed by atoms with Crippen molar-refractivity contribution in [3.05, 3.63) is 12.3 Å². The van der Waals surface area contributed by atoms with Crippen LogP contribution in [0.4, 0.5) is 0 Å². The fourth-order valence-corrected chi connectivity index (χ4v) is 0.697. The SMILES string of the molecule is C=C1CC(C)N1. The third kappa shape index (κ3) is 0.402. The molecule has 0 aliphatic carbocycles. The molecule has 1 nitrogen and oxygen atoms in total. The van der Waals surface area contributed by atoms with E-state index in [1.165, 1.54) is 12.1 Å². The topological polar surface area (TPSA) is 12.0 Å². The summed E-state index contributed by atoms with van der Waals surface area (Å²) in [6, 6.07) is 0.692. The molecule has 0 aromatic heterocycles. The zero-order valence-electron chi connectivity index (χ0n) is 3.99. The van der Waals surface area contributed by atoms with Gasteiger partial charge < -0.3 is 5.32 Å². The number of nitrogens with one attached hydrogen (secondary N) is 1. The van der Waals surface area contributed by atoms with Gasteiger partial charge in [-0.05, 0) is 6.92 Å². The maximum atomic E-state index is 3.70. The van der Waals surface area contributed by atoms with Crippen LogP contribution in [0.3, 0.4) is 0 Å². The molecule has 0 saturated carbocycles. The average Bonchev–Trinajstić information content (AvgIpc) is 1.33. The first-order valence-electron chi connectivity index (χ1n) is 2.23. The summed E-state index contributed by atoms with van der Waals surface area (Å²) in [6.07, 6.45) is 1.17. The van der Waals surface area contributed by atoms with Crippen LogP contribution in [-0.2, 0) is 0 Å². The third-order valence-electron chi connectivity index (χ3n) is 1.00. The maximum Gasteiger partial charge on any atom is 0.0284 e. The molecule has 0 aromatic carbocycles. The first-order valence-corrected chi connectivity index (χ1v) is 2.23. The molecule has 1 atom stereocenters. The summed E-state index contributed by atoms with van der Waals surface area (Å²) in [7, 11) is 0. The molecule has 34 valence electrons. The minimum Gasteiger partial charge on any atom is -0.386 e. The Labute approximate surface area is 38.1 Å². The standard InChI is InChI=1S/C5H9N/c1-4-3-5(2)6-4/h5-6H,1,3H2,2H3. The second-order valence-electron chi connectivity index (χ2n) is 1.85. The molecule has 0 amide bonds. The average molecular weight is 83.1 g/mol. The second-order valence-corrected chi connectivity index (χ2v) is 1.85. The normalized spacial score (nSPS) is 31.5. The van der Waals surface area contributed by atoms with E-state index >= 15 is 0 Å². The lowest BCUT2D eigenvalue weighted by molar-refractivity contribution is 0.485. The van der Waals surface area contributed by atoms with E-state index in [1.54, 1.807) is 0 Å². The molecule has 1 aliphatic rings. The zero-order valence-corrected chi connectivity index (χ0v) is 3.99. The van der Waals surface area contributed by atoms with Crippen LogP contribution in [0.25, 0.3) is 0 Å². The van der Waals surface area contributed by atoms with Crippen molar-refractivity contribution >= 4 is 0 Å². The van der Waals surface area contributed by atoms with E-state index in [2.05, 4.69) is 18.8 Å². The van der Waals surface area contributed by atoms with Crippen LogP contribution < -0.4 is 5.32 Å². The molecule has 0 spiro atoms. The van der Waals surface area contributed by atoms with E-state index in [1.807, 2.05) is 0 Å². The lowest BCUT2D eigenvalue weighted by Gasteiger charge is -2.27. The molecular formula is C5H9N. The van der Waals surface area contributed by atoms with Crippen LogP contribution in [-0.4, -0.2) is 6.04 Å². The van der Waals surface area contributed by atoms with E-state index in [0.717, 1.165) is 0 Å². The third-order valence-corrected chi connectivity index (χ3v) is 1.00. The Kier molecular flexibility index (Phi) is 0.621. The molecule has 1 fully saturated rings. The van der Waals surface area contributed by atoms with Crippen LogP contribution in [0.15, 0.2) is 12.3 Å². The molecular weight excluding hydrogens is 74.1 g/mol. The summed E-state index contributed by atoms with van der Waals surface area (Å²) in [5.41, 5.74) is 1.18. The van der Waals surface area contributed by atoms with Crippen molar-refractivity contribution in [1.82, 2.24) is 5.32 Å². The number of hydrogen-bond acceptors (Lipinski definition) is 1. The van der Waals surface area contributed by atoms with Crippen LogP contribution in [0.1, 0.15) is 13.3 Å². The van der Waals surface area contributed by atoms with Crippen LogP contribution in [0, 0.1) is 0 Å². The number of rotatable bonds is 0. The minimum absolute atomic E-state index is 0.692. The zero-order chi connectivity index (χ0) is 4.57. The Morgan fingerprint density at radius 3 is 2.50 bits per heavy atom. The lowest BCUT2D eigenvalue weighted by Crippen LogP contribution is -2.36. The van der Waals surface area contributed by atoms with E-state index in [4.69, 9.17) is 0 Å². The largest absolute Gasteiger partial charge is 0.386 e. The van der Waals surface area contributed by atoms with Gasteiger partial charge in [0.15, 0.2) is 0 Å². The van der Waals surface area contributed by atoms with Gasteiger partial charge in [-0.25, -0.2) is 0 Å². The number of hydrogen-bond donors (Lipinski definition) is 1. The summed E-state index contributed by atoms with van der Waals surface area (Å²) in [5.74, 6) is 0. The van der Waals surface area contributed by atoms with Crippen molar-refractivity contribution in [2.24, 2.45) is 0 Å². The predicted molar refractivity (Wildman–Crippen MR) is 26.4 cm³/mol. The summed E-state index contributed by atoms with van der Waals surface area (Å²) in [4.78, 5) is 0. The summed E-state index contributed by atoms with van der Waals surface area (Å²) in [6.45, 7) is 5.85. The van der Waals surface area contributed by atoms with Gasteiger partial charge in [0.1, 0.15) is 0 Å². The van der Waals surface area contributed by atoms with Gasteiger partial charge >= 0.3 is 0 Å². The van der Waals surface area contributed by atoms with Gasteiger partial charge in [0.25, 0.3) is 0 Å². The Morgan fingerprint density at radius 1 is 2.00 bits per heavy atom. The van der Waals surface area contributed by atoms with Gasteiger partial charge in [0.2, 0.25) is 0 Å². The molecule has 0 radical (unpaired) electrons. The first kappa shape index (κ1) is 3.72. The quantitative estimate of drug-likeness (QED) is 0.458. The van der Waals surface area contributed by atoms with Crippen molar-refractivity contribution < 1.29 is 0 Å². The molecule has 1 heterocycles. The first-order chi connectivity index (χ1) is 2.79.